The number of benzene rings is 1. The van der Waals surface area contributed by atoms with Gasteiger partial charge in [-0.1, -0.05) is 29.3 Å². The van der Waals surface area contributed by atoms with Crippen molar-refractivity contribution in [2.24, 2.45) is 4.99 Å². The molecule has 2 N–H and O–H groups in total. The van der Waals surface area contributed by atoms with E-state index in [0.29, 0.717) is 11.1 Å². The Morgan fingerprint density at radius 3 is 2.77 bits per heavy atom. The number of nitrogens with zero attached hydrogens (tertiary/aromatic N) is 1. The molecule has 4 nitrogen and oxygen atoms in total. The second-order valence-corrected chi connectivity index (χ2v) is 6.95. The van der Waals surface area contributed by atoms with Gasteiger partial charge in [-0.05, 0) is 37.5 Å². The summed E-state index contributed by atoms with van der Waals surface area (Å²) in [6.45, 7) is 5.22. The third kappa shape index (κ3) is 3.34. The fourth-order valence-electron chi connectivity index (χ4n) is 3.14. The predicted octanol–water partition coefficient (Wildman–Crippen LogP) is 2.98. The first-order chi connectivity index (χ1) is 10.6. The molecule has 120 valence electrons. The van der Waals surface area contributed by atoms with E-state index in [-0.39, 0.29) is 5.41 Å². The van der Waals surface area contributed by atoms with E-state index in [0.717, 1.165) is 55.7 Å². The van der Waals surface area contributed by atoms with E-state index in [1.54, 1.807) is 0 Å². The van der Waals surface area contributed by atoms with Crippen LogP contribution in [0.3, 0.4) is 0 Å². The van der Waals surface area contributed by atoms with Crippen LogP contribution in [0.2, 0.25) is 10.0 Å². The molecule has 2 heterocycles. The highest BCUT2D eigenvalue weighted by Crippen LogP contribution is 2.39. The number of hydrogen-bond acceptors (Lipinski definition) is 4. The van der Waals surface area contributed by atoms with Crippen molar-refractivity contribution in [2.45, 2.75) is 31.2 Å². The van der Waals surface area contributed by atoms with E-state index >= 15 is 0 Å². The lowest BCUT2D eigenvalue weighted by molar-refractivity contribution is 0.0514. The molecular formula is C16H21Cl2N3O. The van der Waals surface area contributed by atoms with Gasteiger partial charge in [-0.3, -0.25) is 4.99 Å². The van der Waals surface area contributed by atoms with Crippen molar-refractivity contribution in [3.8, 4) is 0 Å². The quantitative estimate of drug-likeness (QED) is 0.888. The minimum Gasteiger partial charge on any atom is -0.381 e. The number of hydrogen-bond donors (Lipinski definition) is 2. The Labute approximate surface area is 141 Å². The fraction of sp³-hybridized carbons (Fsp3) is 0.562. The average molecular weight is 342 g/mol. The lowest BCUT2D eigenvalue weighted by atomic mass is 9.74. The Morgan fingerprint density at radius 1 is 1.36 bits per heavy atom. The minimum atomic E-state index is -0.0457. The van der Waals surface area contributed by atoms with E-state index in [1.807, 2.05) is 18.2 Å². The first-order valence-corrected chi connectivity index (χ1v) is 8.43. The second-order valence-electron chi connectivity index (χ2n) is 6.11. The van der Waals surface area contributed by atoms with E-state index in [1.165, 1.54) is 0 Å². The topological polar surface area (TPSA) is 45.7 Å². The van der Waals surface area contributed by atoms with Gasteiger partial charge in [-0.25, -0.2) is 0 Å². The van der Waals surface area contributed by atoms with E-state index in [9.17, 15) is 0 Å². The number of nitrogens with one attached hydrogen (secondary N) is 2. The highest BCUT2D eigenvalue weighted by molar-refractivity contribution is 6.35. The molecule has 1 atom stereocenters. The summed E-state index contributed by atoms with van der Waals surface area (Å²) >= 11 is 12.5. The van der Waals surface area contributed by atoms with Crippen LogP contribution in [0.25, 0.3) is 0 Å². The number of guanidine groups is 1. The Bertz CT molecular complexity index is 571. The molecule has 2 aliphatic rings. The molecule has 0 amide bonds. The number of halogens is 2. The van der Waals surface area contributed by atoms with Crippen molar-refractivity contribution in [2.75, 3.05) is 26.3 Å². The van der Waals surface area contributed by atoms with Crippen LogP contribution in [0.1, 0.15) is 25.3 Å². The second kappa shape index (κ2) is 6.65. The third-order valence-electron chi connectivity index (χ3n) is 4.45. The minimum absolute atomic E-state index is 0.0457. The van der Waals surface area contributed by atoms with Crippen molar-refractivity contribution in [1.29, 1.82) is 0 Å². The van der Waals surface area contributed by atoms with Crippen molar-refractivity contribution in [1.82, 2.24) is 10.6 Å². The molecule has 0 aliphatic carbocycles. The molecule has 0 radical (unpaired) electrons. The lowest BCUT2D eigenvalue weighted by Gasteiger charge is -2.38. The molecule has 0 aromatic heterocycles. The number of aliphatic imine (C=N–C) groups is 1. The van der Waals surface area contributed by atoms with Gasteiger partial charge in [0.2, 0.25) is 0 Å². The van der Waals surface area contributed by atoms with E-state index in [2.05, 4.69) is 22.5 Å². The highest BCUT2D eigenvalue weighted by atomic mass is 35.5. The van der Waals surface area contributed by atoms with Gasteiger partial charge < -0.3 is 15.4 Å². The van der Waals surface area contributed by atoms with Gasteiger partial charge in [-0.2, -0.15) is 0 Å². The molecule has 3 rings (SSSR count). The standard InChI is InChI=1S/C16H21Cl2N3O/c1-11-9-19-15(21-11)20-10-16(4-6-22-7-5-16)13-3-2-12(17)8-14(13)18/h2-3,8,11H,4-7,9-10H2,1H3,(H2,19,20,21). The normalized spacial score (nSPS) is 23.8. The molecule has 1 unspecified atom stereocenters. The monoisotopic (exact) mass is 341 g/mol. The van der Waals surface area contributed by atoms with Crippen molar-refractivity contribution >= 4 is 29.2 Å². The number of ether oxygens (including phenoxy) is 1. The first-order valence-electron chi connectivity index (χ1n) is 7.67. The summed E-state index contributed by atoms with van der Waals surface area (Å²) in [5.41, 5.74) is 1.09. The zero-order valence-electron chi connectivity index (χ0n) is 12.7. The van der Waals surface area contributed by atoms with Gasteiger partial charge >= 0.3 is 0 Å². The molecule has 2 aliphatic heterocycles. The Hall–Kier alpha value is -0.970. The summed E-state index contributed by atoms with van der Waals surface area (Å²) < 4.78 is 5.56. The summed E-state index contributed by atoms with van der Waals surface area (Å²) in [6.07, 6.45) is 1.87. The fourth-order valence-corrected chi connectivity index (χ4v) is 3.74. The molecule has 0 saturated carbocycles. The van der Waals surface area contributed by atoms with Crippen molar-refractivity contribution in [3.63, 3.8) is 0 Å². The largest absolute Gasteiger partial charge is 0.381 e. The maximum absolute atomic E-state index is 6.47. The smallest absolute Gasteiger partial charge is 0.191 e. The molecule has 0 spiro atoms. The highest BCUT2D eigenvalue weighted by Gasteiger charge is 2.36. The molecule has 22 heavy (non-hydrogen) atoms. The van der Waals surface area contributed by atoms with Crippen LogP contribution in [0.4, 0.5) is 0 Å². The van der Waals surface area contributed by atoms with E-state index in [4.69, 9.17) is 27.9 Å². The van der Waals surface area contributed by atoms with Crippen molar-refractivity contribution < 1.29 is 4.74 Å². The SMILES string of the molecule is CC1CN=C(NCC2(c3ccc(Cl)cc3Cl)CCOCC2)N1. The zero-order chi connectivity index (χ0) is 15.6. The van der Waals surface area contributed by atoms with Crippen molar-refractivity contribution in [3.05, 3.63) is 33.8 Å². The van der Waals surface area contributed by atoms with Crippen LogP contribution in [-0.4, -0.2) is 38.3 Å². The molecule has 6 heteroatoms. The van der Waals surface area contributed by atoms with Gasteiger partial charge in [0.05, 0.1) is 6.54 Å². The lowest BCUT2D eigenvalue weighted by Crippen LogP contribution is -2.48. The summed E-state index contributed by atoms with van der Waals surface area (Å²) in [7, 11) is 0. The Kier molecular flexibility index (Phi) is 4.81. The summed E-state index contributed by atoms with van der Waals surface area (Å²) in [5, 5.41) is 8.19. The Balaban J connectivity index is 1.81. The van der Waals surface area contributed by atoms with Gasteiger partial charge in [0.1, 0.15) is 0 Å². The van der Waals surface area contributed by atoms with Gasteiger partial charge in [0.25, 0.3) is 0 Å². The van der Waals surface area contributed by atoms with E-state index < -0.39 is 0 Å². The summed E-state index contributed by atoms with van der Waals surface area (Å²) in [5.74, 6) is 0.878. The molecule has 1 fully saturated rings. The number of rotatable bonds is 3. The van der Waals surface area contributed by atoms with Crippen LogP contribution >= 0.6 is 23.2 Å². The van der Waals surface area contributed by atoms with Gasteiger partial charge in [0, 0.05) is 41.3 Å². The first kappa shape index (κ1) is 15.9. The van der Waals surface area contributed by atoms with Crippen LogP contribution in [-0.2, 0) is 10.2 Å². The molecule has 0 bridgehead atoms. The van der Waals surface area contributed by atoms with Gasteiger partial charge in [-0.15, -0.1) is 0 Å². The predicted molar refractivity (Wildman–Crippen MR) is 91.1 cm³/mol. The third-order valence-corrected chi connectivity index (χ3v) is 5.00. The maximum atomic E-state index is 6.47. The summed E-state index contributed by atoms with van der Waals surface area (Å²) in [6, 6.07) is 6.17. The average Bonchev–Trinajstić information content (AvgIpc) is 2.92. The Morgan fingerprint density at radius 2 is 2.14 bits per heavy atom. The molecule has 1 saturated heterocycles. The molecular weight excluding hydrogens is 321 g/mol. The van der Waals surface area contributed by atoms with Gasteiger partial charge in [0.15, 0.2) is 5.96 Å². The van der Waals surface area contributed by atoms with Crippen LogP contribution in [0.15, 0.2) is 23.2 Å². The zero-order valence-corrected chi connectivity index (χ0v) is 14.2. The van der Waals surface area contributed by atoms with Crippen LogP contribution < -0.4 is 10.6 Å². The molecule has 1 aromatic rings. The van der Waals surface area contributed by atoms with Crippen LogP contribution in [0, 0.1) is 0 Å². The summed E-state index contributed by atoms with van der Waals surface area (Å²) in [4.78, 5) is 4.47. The maximum Gasteiger partial charge on any atom is 0.191 e. The molecule has 1 aromatic carbocycles. The van der Waals surface area contributed by atoms with Crippen LogP contribution in [0.5, 0.6) is 0 Å².